The predicted octanol–water partition coefficient (Wildman–Crippen LogP) is 2.73. The number of carbonyl (C=O) groups excluding carboxylic acids is 2. The van der Waals surface area contributed by atoms with Crippen LogP contribution in [0.1, 0.15) is 55.0 Å². The SMILES string of the molecule is CC1C(=O)N(S(=O)(=O)N2CCCC2)C1c1cc(NCc2ccc(Cl)s2)n(C(=O)C(C)(C)CO)n1. The average molecular weight is 530 g/mol. The fourth-order valence-corrected chi connectivity index (χ4v) is 7.04. The number of aromatic nitrogens is 2. The van der Waals surface area contributed by atoms with Crippen molar-refractivity contribution >= 4 is 50.8 Å². The van der Waals surface area contributed by atoms with Gasteiger partial charge < -0.3 is 10.4 Å². The van der Waals surface area contributed by atoms with Crippen molar-refractivity contribution in [3.8, 4) is 0 Å². The number of aliphatic hydroxyl groups excluding tert-OH is 1. The number of rotatable bonds is 8. The topological polar surface area (TPSA) is 125 Å². The quantitative estimate of drug-likeness (QED) is 0.504. The van der Waals surface area contributed by atoms with Gasteiger partial charge in [0.15, 0.2) is 0 Å². The van der Waals surface area contributed by atoms with Gasteiger partial charge in [0.1, 0.15) is 11.9 Å². The van der Waals surface area contributed by atoms with Gasteiger partial charge in [0.2, 0.25) is 5.91 Å². The number of halogens is 1. The van der Waals surface area contributed by atoms with Gasteiger partial charge in [-0.1, -0.05) is 18.5 Å². The summed E-state index contributed by atoms with van der Waals surface area (Å²) >= 11 is 7.40. The number of nitrogens with zero attached hydrogens (tertiary/aromatic N) is 4. The van der Waals surface area contributed by atoms with Gasteiger partial charge in [-0.2, -0.15) is 22.5 Å². The van der Waals surface area contributed by atoms with Crippen molar-refractivity contribution in [3.63, 3.8) is 0 Å². The molecule has 2 unspecified atom stereocenters. The zero-order valence-electron chi connectivity index (χ0n) is 19.2. The number of nitrogens with one attached hydrogen (secondary N) is 1. The van der Waals surface area contributed by atoms with E-state index in [0.717, 1.165) is 26.7 Å². The van der Waals surface area contributed by atoms with Crippen LogP contribution in [0.2, 0.25) is 4.34 Å². The summed E-state index contributed by atoms with van der Waals surface area (Å²) in [7, 11) is -3.98. The van der Waals surface area contributed by atoms with Crippen LogP contribution in [0, 0.1) is 11.3 Å². The largest absolute Gasteiger partial charge is 0.395 e. The van der Waals surface area contributed by atoms with Gasteiger partial charge in [-0.05, 0) is 38.8 Å². The number of anilines is 1. The van der Waals surface area contributed by atoms with Crippen molar-refractivity contribution in [1.82, 2.24) is 18.4 Å². The number of β-lactam (4-membered cyclic amide) rings is 1. The van der Waals surface area contributed by atoms with Crippen LogP contribution >= 0.6 is 22.9 Å². The Morgan fingerprint density at radius 3 is 2.59 bits per heavy atom. The second kappa shape index (κ2) is 9.23. The highest BCUT2D eigenvalue weighted by molar-refractivity contribution is 7.87. The zero-order valence-corrected chi connectivity index (χ0v) is 21.6. The highest BCUT2D eigenvalue weighted by atomic mass is 35.5. The first-order chi connectivity index (χ1) is 16.0. The summed E-state index contributed by atoms with van der Waals surface area (Å²) in [6.45, 7) is 5.57. The molecule has 2 fully saturated rings. The maximum absolute atomic E-state index is 13.2. The lowest BCUT2D eigenvalue weighted by Gasteiger charge is -2.44. The van der Waals surface area contributed by atoms with E-state index in [4.69, 9.17) is 11.6 Å². The summed E-state index contributed by atoms with van der Waals surface area (Å²) in [5.41, 5.74) is -0.822. The van der Waals surface area contributed by atoms with E-state index in [1.165, 1.54) is 15.6 Å². The molecule has 2 aromatic heterocycles. The van der Waals surface area contributed by atoms with Crippen LogP contribution < -0.4 is 5.32 Å². The Morgan fingerprint density at radius 1 is 1.32 bits per heavy atom. The van der Waals surface area contributed by atoms with Crippen molar-refractivity contribution in [2.24, 2.45) is 11.3 Å². The second-order valence-corrected chi connectivity index (χ2v) is 12.9. The van der Waals surface area contributed by atoms with Gasteiger partial charge in [-0.3, -0.25) is 9.59 Å². The fraction of sp³-hybridized carbons (Fsp3) is 0.571. The molecule has 10 nitrogen and oxygen atoms in total. The monoisotopic (exact) mass is 529 g/mol. The minimum atomic E-state index is -3.98. The van der Waals surface area contributed by atoms with Crippen LogP contribution in [-0.4, -0.2) is 63.4 Å². The molecule has 2 N–H and O–H groups in total. The molecule has 4 rings (SSSR count). The lowest BCUT2D eigenvalue weighted by molar-refractivity contribution is -0.146. The van der Waals surface area contributed by atoms with Crippen molar-refractivity contribution < 1.29 is 23.1 Å². The van der Waals surface area contributed by atoms with E-state index in [1.54, 1.807) is 32.9 Å². The molecule has 186 valence electrons. The number of carbonyl (C=O) groups is 2. The molecular weight excluding hydrogens is 502 g/mol. The summed E-state index contributed by atoms with van der Waals surface area (Å²) in [5, 5.41) is 17.3. The Balaban J connectivity index is 1.69. The number of amides is 1. The average Bonchev–Trinajstić information content (AvgIpc) is 3.55. The standard InChI is InChI=1S/C21H28ClN5O5S2/c1-13-18(27(19(13)29)34(31,32)25-8-4-5-9-25)15-10-17(23-11-14-6-7-16(22)33-14)26(24-15)20(30)21(2,3)12-28/h6-7,10,13,18,23,28H,4-5,8-9,11-12H2,1-3H3. The van der Waals surface area contributed by atoms with E-state index in [2.05, 4.69) is 10.4 Å². The van der Waals surface area contributed by atoms with E-state index < -0.39 is 46.0 Å². The van der Waals surface area contributed by atoms with Crippen molar-refractivity contribution in [2.45, 2.75) is 46.2 Å². The molecule has 2 atom stereocenters. The fourth-order valence-electron chi connectivity index (χ4n) is 4.07. The third kappa shape index (κ3) is 4.37. The first-order valence-corrected chi connectivity index (χ1v) is 13.6. The minimum absolute atomic E-state index is 0.295. The van der Waals surface area contributed by atoms with Gasteiger partial charge in [-0.25, -0.2) is 4.31 Å². The minimum Gasteiger partial charge on any atom is -0.395 e. The number of hydrogen-bond acceptors (Lipinski definition) is 8. The molecule has 2 saturated heterocycles. The van der Waals surface area contributed by atoms with Crippen molar-refractivity contribution in [2.75, 3.05) is 25.0 Å². The molecule has 4 heterocycles. The second-order valence-electron chi connectivity index (χ2n) is 9.25. The van der Waals surface area contributed by atoms with E-state index in [9.17, 15) is 23.1 Å². The summed E-state index contributed by atoms with van der Waals surface area (Å²) in [6.07, 6.45) is 1.50. The van der Waals surface area contributed by atoms with Gasteiger partial charge in [0, 0.05) is 24.0 Å². The molecule has 0 aliphatic carbocycles. The first kappa shape index (κ1) is 25.1. The molecule has 2 aliphatic heterocycles. The Bertz CT molecular complexity index is 1200. The molecule has 0 spiro atoms. The van der Waals surface area contributed by atoms with Crippen LogP contribution in [0.3, 0.4) is 0 Å². The third-order valence-electron chi connectivity index (χ3n) is 6.24. The molecule has 34 heavy (non-hydrogen) atoms. The third-order valence-corrected chi connectivity index (χ3v) is 9.40. The highest BCUT2D eigenvalue weighted by Gasteiger charge is 2.54. The summed E-state index contributed by atoms with van der Waals surface area (Å²) in [6, 6.07) is 4.41. The maximum atomic E-state index is 13.2. The Labute approximate surface area is 207 Å². The maximum Gasteiger partial charge on any atom is 0.306 e. The van der Waals surface area contributed by atoms with Crippen LogP contribution in [0.5, 0.6) is 0 Å². The van der Waals surface area contributed by atoms with Gasteiger partial charge in [-0.15, -0.1) is 11.3 Å². The molecule has 2 aliphatic rings. The number of hydrogen-bond donors (Lipinski definition) is 2. The summed E-state index contributed by atoms with van der Waals surface area (Å²) in [4.78, 5) is 26.8. The van der Waals surface area contributed by atoms with Crippen LogP contribution in [0.15, 0.2) is 18.2 Å². The lowest BCUT2D eigenvalue weighted by Crippen LogP contribution is -2.59. The van der Waals surface area contributed by atoms with Crippen LogP contribution in [0.4, 0.5) is 5.82 Å². The Hall–Kier alpha value is -1.99. The van der Waals surface area contributed by atoms with E-state index >= 15 is 0 Å². The smallest absolute Gasteiger partial charge is 0.306 e. The highest BCUT2D eigenvalue weighted by Crippen LogP contribution is 2.43. The predicted molar refractivity (Wildman–Crippen MR) is 129 cm³/mol. The Kier molecular flexibility index (Phi) is 6.82. The molecule has 0 radical (unpaired) electrons. The molecule has 1 amide bonds. The molecular formula is C21H28ClN5O5S2. The lowest BCUT2D eigenvalue weighted by atomic mass is 9.90. The summed E-state index contributed by atoms with van der Waals surface area (Å²) < 4.78 is 30.3. The Morgan fingerprint density at radius 2 is 2.00 bits per heavy atom. The summed E-state index contributed by atoms with van der Waals surface area (Å²) in [5.74, 6) is -1.21. The van der Waals surface area contributed by atoms with Gasteiger partial charge in [0.25, 0.3) is 5.91 Å². The van der Waals surface area contributed by atoms with Crippen molar-refractivity contribution in [3.05, 3.63) is 33.1 Å². The van der Waals surface area contributed by atoms with Gasteiger partial charge >= 0.3 is 10.2 Å². The molecule has 0 saturated carbocycles. The van der Waals surface area contributed by atoms with E-state index in [1.807, 2.05) is 6.07 Å². The molecule has 13 heteroatoms. The van der Waals surface area contributed by atoms with Crippen LogP contribution in [0.25, 0.3) is 0 Å². The van der Waals surface area contributed by atoms with Crippen LogP contribution in [-0.2, 0) is 21.5 Å². The van der Waals surface area contributed by atoms with E-state index in [-0.39, 0.29) is 0 Å². The molecule has 0 bridgehead atoms. The first-order valence-electron chi connectivity index (χ1n) is 11.0. The molecule has 2 aromatic rings. The molecule has 0 aromatic carbocycles. The normalized spacial score (nSPS) is 21.7. The van der Waals surface area contributed by atoms with Gasteiger partial charge in [0.05, 0.1) is 34.5 Å². The number of aliphatic hydroxyl groups is 1. The van der Waals surface area contributed by atoms with E-state index in [0.29, 0.717) is 35.5 Å². The number of thiophene rings is 1. The zero-order chi connectivity index (χ0) is 24.8. The van der Waals surface area contributed by atoms with Crippen molar-refractivity contribution in [1.29, 1.82) is 0 Å².